The molecule has 0 aromatic heterocycles. The van der Waals surface area contributed by atoms with E-state index in [1.54, 1.807) is 0 Å². The van der Waals surface area contributed by atoms with Crippen LogP contribution in [0.2, 0.25) is 0 Å². The van der Waals surface area contributed by atoms with Crippen LogP contribution in [0.25, 0.3) is 0 Å². The van der Waals surface area contributed by atoms with Gasteiger partial charge in [-0.1, -0.05) is 6.92 Å². The molecule has 15 heavy (non-hydrogen) atoms. The number of esters is 1. The van der Waals surface area contributed by atoms with Crippen molar-refractivity contribution in [2.75, 3.05) is 20.3 Å². The van der Waals surface area contributed by atoms with E-state index in [-0.39, 0.29) is 30.9 Å². The highest BCUT2D eigenvalue weighted by molar-refractivity contribution is 5.75. The second kappa shape index (κ2) is 7.23. The van der Waals surface area contributed by atoms with Crippen LogP contribution in [0.1, 0.15) is 26.7 Å². The maximum Gasteiger partial charge on any atom is 0.307 e. The molecule has 88 valence electrons. The Morgan fingerprint density at radius 2 is 2.07 bits per heavy atom. The molecular weight excluding hydrogens is 198 g/mol. The van der Waals surface area contributed by atoms with Gasteiger partial charge in [0.25, 0.3) is 0 Å². The Bertz CT molecular complexity index is 213. The molecule has 0 aromatic carbocycles. The van der Waals surface area contributed by atoms with Crippen LogP contribution in [0.3, 0.4) is 0 Å². The summed E-state index contributed by atoms with van der Waals surface area (Å²) in [5.74, 6) is -0.492. The number of ether oxygens (including phenoxy) is 1. The summed E-state index contributed by atoms with van der Waals surface area (Å²) in [5.41, 5.74) is 0. The van der Waals surface area contributed by atoms with Gasteiger partial charge in [0, 0.05) is 13.5 Å². The number of carbonyl (C=O) groups is 2. The molecular formula is C10H19NO4. The van der Waals surface area contributed by atoms with Crippen LogP contribution in [0.15, 0.2) is 0 Å². The maximum atomic E-state index is 11.3. The molecule has 0 heterocycles. The highest BCUT2D eigenvalue weighted by Crippen LogP contribution is 2.05. The van der Waals surface area contributed by atoms with Crippen LogP contribution in [-0.4, -0.2) is 48.2 Å². The highest BCUT2D eigenvalue weighted by Gasteiger charge is 2.19. The fourth-order valence-corrected chi connectivity index (χ4v) is 1.36. The summed E-state index contributed by atoms with van der Waals surface area (Å²) in [6.45, 7) is 3.52. The third kappa shape index (κ3) is 4.78. The van der Waals surface area contributed by atoms with Crippen molar-refractivity contribution in [1.82, 2.24) is 4.90 Å². The summed E-state index contributed by atoms with van der Waals surface area (Å²) in [4.78, 5) is 23.7. The van der Waals surface area contributed by atoms with Gasteiger partial charge in [0.15, 0.2) is 0 Å². The molecule has 0 bridgehead atoms. The van der Waals surface area contributed by atoms with Crippen molar-refractivity contribution < 1.29 is 19.4 Å². The highest BCUT2D eigenvalue weighted by atomic mass is 16.5. The lowest BCUT2D eigenvalue weighted by atomic mass is 10.2. The van der Waals surface area contributed by atoms with Gasteiger partial charge in [0.05, 0.1) is 26.2 Å². The van der Waals surface area contributed by atoms with Gasteiger partial charge < -0.3 is 14.7 Å². The van der Waals surface area contributed by atoms with E-state index in [0.29, 0.717) is 13.0 Å². The molecule has 0 saturated heterocycles. The number of rotatable bonds is 6. The van der Waals surface area contributed by atoms with Crippen LogP contribution in [-0.2, 0) is 14.3 Å². The average Bonchev–Trinajstić information content (AvgIpc) is 2.23. The average molecular weight is 217 g/mol. The number of aliphatic hydroxyl groups excluding tert-OH is 1. The number of hydrogen-bond donors (Lipinski definition) is 1. The Labute approximate surface area is 90.0 Å². The third-order valence-electron chi connectivity index (χ3n) is 2.31. The Morgan fingerprint density at radius 1 is 1.47 bits per heavy atom. The normalized spacial score (nSPS) is 12.0. The minimum Gasteiger partial charge on any atom is -0.469 e. The number of methoxy groups -OCH3 is 1. The summed E-state index contributed by atoms with van der Waals surface area (Å²) >= 11 is 0. The van der Waals surface area contributed by atoms with Crippen molar-refractivity contribution in [3.8, 4) is 0 Å². The van der Waals surface area contributed by atoms with Crippen molar-refractivity contribution in [2.24, 2.45) is 0 Å². The molecule has 0 rings (SSSR count). The molecule has 0 fully saturated rings. The zero-order chi connectivity index (χ0) is 11.8. The van der Waals surface area contributed by atoms with Crippen LogP contribution in [0.5, 0.6) is 0 Å². The second-order valence-electron chi connectivity index (χ2n) is 3.28. The van der Waals surface area contributed by atoms with Crippen molar-refractivity contribution in [3.05, 3.63) is 0 Å². The molecule has 1 N–H and O–H groups in total. The largest absolute Gasteiger partial charge is 0.469 e. The van der Waals surface area contributed by atoms with Gasteiger partial charge in [-0.2, -0.15) is 0 Å². The lowest BCUT2D eigenvalue weighted by Crippen LogP contribution is -2.42. The number of carbonyl (C=O) groups excluding carboxylic acids is 2. The zero-order valence-electron chi connectivity index (χ0n) is 9.52. The maximum absolute atomic E-state index is 11.3. The molecule has 0 aromatic rings. The van der Waals surface area contributed by atoms with Crippen LogP contribution < -0.4 is 0 Å². The first-order valence-electron chi connectivity index (χ1n) is 5.01. The number of amides is 1. The van der Waals surface area contributed by atoms with E-state index >= 15 is 0 Å². The summed E-state index contributed by atoms with van der Waals surface area (Å²) < 4.78 is 4.49. The Kier molecular flexibility index (Phi) is 6.70. The molecule has 0 aliphatic carbocycles. The molecule has 1 unspecified atom stereocenters. The van der Waals surface area contributed by atoms with Crippen molar-refractivity contribution >= 4 is 11.9 Å². The standard InChI is InChI=1S/C10H19NO4/c1-4-9(7-12)11(8(2)13)6-5-10(14)15-3/h9,12H,4-7H2,1-3H3. The summed E-state index contributed by atoms with van der Waals surface area (Å²) in [6.07, 6.45) is 0.823. The Hall–Kier alpha value is -1.10. The molecule has 5 heteroatoms. The fraction of sp³-hybridized carbons (Fsp3) is 0.800. The van der Waals surface area contributed by atoms with Gasteiger partial charge in [-0.3, -0.25) is 9.59 Å². The molecule has 1 amide bonds. The lowest BCUT2D eigenvalue weighted by Gasteiger charge is -2.28. The van der Waals surface area contributed by atoms with E-state index in [1.807, 2.05) is 6.92 Å². The predicted octanol–water partition coefficient (Wildman–Crippen LogP) is 0.169. The molecule has 0 aliphatic heterocycles. The van der Waals surface area contributed by atoms with E-state index < -0.39 is 0 Å². The van der Waals surface area contributed by atoms with Gasteiger partial charge in [-0.15, -0.1) is 0 Å². The molecule has 5 nitrogen and oxygen atoms in total. The monoisotopic (exact) mass is 217 g/mol. The quantitative estimate of drug-likeness (QED) is 0.644. The topological polar surface area (TPSA) is 66.8 Å². The SMILES string of the molecule is CCC(CO)N(CCC(=O)OC)C(C)=O. The van der Waals surface area contributed by atoms with Crippen molar-refractivity contribution in [3.63, 3.8) is 0 Å². The van der Waals surface area contributed by atoms with Gasteiger partial charge >= 0.3 is 5.97 Å². The van der Waals surface area contributed by atoms with E-state index in [9.17, 15) is 9.59 Å². The first-order chi connectivity index (χ1) is 7.06. The van der Waals surface area contributed by atoms with Gasteiger partial charge in [-0.25, -0.2) is 0 Å². The summed E-state index contributed by atoms with van der Waals surface area (Å²) in [7, 11) is 1.31. The lowest BCUT2D eigenvalue weighted by molar-refractivity contribution is -0.142. The minimum atomic E-state index is -0.353. The van der Waals surface area contributed by atoms with Crippen molar-refractivity contribution in [1.29, 1.82) is 0 Å². The van der Waals surface area contributed by atoms with Gasteiger partial charge in [0.2, 0.25) is 5.91 Å². The van der Waals surface area contributed by atoms with E-state index in [1.165, 1.54) is 18.9 Å². The number of hydrogen-bond acceptors (Lipinski definition) is 4. The smallest absolute Gasteiger partial charge is 0.307 e. The molecule has 0 aliphatic rings. The Morgan fingerprint density at radius 3 is 2.40 bits per heavy atom. The van der Waals surface area contributed by atoms with E-state index in [4.69, 9.17) is 5.11 Å². The van der Waals surface area contributed by atoms with Gasteiger partial charge in [0.1, 0.15) is 0 Å². The second-order valence-corrected chi connectivity index (χ2v) is 3.28. The Balaban J connectivity index is 4.27. The van der Waals surface area contributed by atoms with Gasteiger partial charge in [-0.05, 0) is 6.42 Å². The minimum absolute atomic E-state index is 0.0861. The van der Waals surface area contributed by atoms with Crippen LogP contribution in [0, 0.1) is 0 Å². The molecule has 0 spiro atoms. The van der Waals surface area contributed by atoms with E-state index in [2.05, 4.69) is 4.74 Å². The number of aliphatic hydroxyl groups is 1. The summed E-state index contributed by atoms with van der Waals surface area (Å²) in [5, 5.41) is 9.06. The molecule has 0 saturated carbocycles. The molecule has 0 radical (unpaired) electrons. The summed E-state index contributed by atoms with van der Waals surface area (Å²) in [6, 6.07) is -0.216. The number of nitrogens with zero attached hydrogens (tertiary/aromatic N) is 1. The van der Waals surface area contributed by atoms with E-state index in [0.717, 1.165) is 0 Å². The third-order valence-corrected chi connectivity index (χ3v) is 2.31. The first kappa shape index (κ1) is 13.9. The first-order valence-corrected chi connectivity index (χ1v) is 5.01. The van der Waals surface area contributed by atoms with Crippen LogP contribution in [0.4, 0.5) is 0 Å². The fourth-order valence-electron chi connectivity index (χ4n) is 1.36. The van der Waals surface area contributed by atoms with Crippen LogP contribution >= 0.6 is 0 Å². The predicted molar refractivity (Wildman–Crippen MR) is 55.2 cm³/mol. The van der Waals surface area contributed by atoms with Crippen molar-refractivity contribution in [2.45, 2.75) is 32.7 Å². The molecule has 1 atom stereocenters. The zero-order valence-corrected chi connectivity index (χ0v) is 9.52.